The maximum Gasteiger partial charge on any atom is 0.0754 e. The first-order chi connectivity index (χ1) is 29.7. The van der Waals surface area contributed by atoms with Crippen LogP contribution in [-0.2, 0) is 0 Å². The van der Waals surface area contributed by atoms with Crippen molar-refractivity contribution in [2.75, 3.05) is 0 Å². The molecule has 13 rings (SSSR count). The van der Waals surface area contributed by atoms with E-state index in [1.165, 1.54) is 98.4 Å². The summed E-state index contributed by atoms with van der Waals surface area (Å²) in [5, 5.41) is 9.90. The number of fused-ring (bicyclic) bond motifs is 12. The van der Waals surface area contributed by atoms with Crippen LogP contribution in [0.2, 0.25) is 0 Å². The molecule has 0 aliphatic carbocycles. The van der Waals surface area contributed by atoms with Crippen molar-refractivity contribution in [1.29, 1.82) is 0 Å². The van der Waals surface area contributed by atoms with Gasteiger partial charge in [0.05, 0.1) is 66.9 Å². The van der Waals surface area contributed by atoms with Crippen LogP contribution >= 0.6 is 0 Å². The summed E-state index contributed by atoms with van der Waals surface area (Å²) in [6, 6.07) is 71.7. The molecule has 282 valence electrons. The molecule has 0 aliphatic rings. The van der Waals surface area contributed by atoms with Crippen LogP contribution in [-0.4, -0.2) is 18.3 Å². The first kappa shape index (κ1) is 33.2. The Labute approximate surface area is 346 Å². The van der Waals surface area contributed by atoms with Gasteiger partial charge in [-0.05, 0) is 74.0 Å². The van der Waals surface area contributed by atoms with E-state index in [-0.39, 0.29) is 0 Å². The second-order valence-corrected chi connectivity index (χ2v) is 16.2. The molecule has 0 radical (unpaired) electrons. The quantitative estimate of drug-likeness (QED) is 0.170. The zero-order valence-corrected chi connectivity index (χ0v) is 33.3. The highest BCUT2D eigenvalue weighted by molar-refractivity contribution is 6.14. The SMILES string of the molecule is Cc1ccc2c3ccccc3n(-c3c(-n4c5ccccc5c5ccccc54)cc(-n4c5ccccc5c5ccccc54)c(-n4c5ccccc5c5ccccc54)c3C)c2c1. The fraction of sp³-hybridized carbons (Fsp3) is 0.0357. The lowest BCUT2D eigenvalue weighted by Crippen LogP contribution is -2.13. The summed E-state index contributed by atoms with van der Waals surface area (Å²) in [6.45, 7) is 4.57. The molecular weight excluding hydrogens is 729 g/mol. The van der Waals surface area contributed by atoms with Gasteiger partial charge in [-0.2, -0.15) is 0 Å². The summed E-state index contributed by atoms with van der Waals surface area (Å²) in [5.41, 5.74) is 16.4. The van der Waals surface area contributed by atoms with Crippen molar-refractivity contribution in [3.05, 3.63) is 205 Å². The molecule has 4 heterocycles. The van der Waals surface area contributed by atoms with Crippen LogP contribution in [0, 0.1) is 13.8 Å². The van der Waals surface area contributed by atoms with E-state index in [1.54, 1.807) is 0 Å². The number of hydrogen-bond acceptors (Lipinski definition) is 0. The minimum Gasteiger partial charge on any atom is -0.307 e. The van der Waals surface area contributed by atoms with Crippen molar-refractivity contribution < 1.29 is 0 Å². The van der Waals surface area contributed by atoms with Crippen LogP contribution in [0.5, 0.6) is 0 Å². The van der Waals surface area contributed by atoms with Crippen LogP contribution in [0.4, 0.5) is 0 Å². The van der Waals surface area contributed by atoms with Crippen LogP contribution < -0.4 is 0 Å². The number of nitrogens with zero attached hydrogens (tertiary/aromatic N) is 4. The van der Waals surface area contributed by atoms with E-state index in [2.05, 4.69) is 226 Å². The van der Waals surface area contributed by atoms with Crippen molar-refractivity contribution >= 4 is 87.2 Å². The minimum absolute atomic E-state index is 1.12. The predicted octanol–water partition coefficient (Wildman–Crippen LogP) is 14.7. The van der Waals surface area contributed by atoms with Gasteiger partial charge in [-0.3, -0.25) is 0 Å². The van der Waals surface area contributed by atoms with Gasteiger partial charge in [-0.1, -0.05) is 140 Å². The molecule has 0 N–H and O–H groups in total. The van der Waals surface area contributed by atoms with Gasteiger partial charge in [0.1, 0.15) is 0 Å². The molecule has 0 saturated carbocycles. The molecule has 4 heteroatoms. The smallest absolute Gasteiger partial charge is 0.0754 e. The van der Waals surface area contributed by atoms with E-state index in [9.17, 15) is 0 Å². The summed E-state index contributed by atoms with van der Waals surface area (Å²) in [7, 11) is 0. The molecule has 4 nitrogen and oxygen atoms in total. The van der Waals surface area contributed by atoms with Crippen LogP contribution in [0.15, 0.2) is 194 Å². The highest BCUT2D eigenvalue weighted by Gasteiger charge is 2.28. The Hall–Kier alpha value is -7.82. The van der Waals surface area contributed by atoms with Gasteiger partial charge in [-0.25, -0.2) is 0 Å². The number of rotatable bonds is 4. The molecule has 0 saturated heterocycles. The Morgan fingerprint density at radius 2 is 0.517 bits per heavy atom. The third kappa shape index (κ3) is 4.39. The molecule has 13 aromatic rings. The standard InChI is InChI=1S/C56H38N4/c1-35-31-32-44-43-23-9-16-30-51(43)60(52(44)33-35)56-36(2)55(59-49-28-14-7-21-41(49)42-22-8-15-29-50(42)59)53(57-45-24-10-3-17-37(45)38-18-4-11-25-46(38)57)34-54(56)58-47-26-12-5-19-39(47)40-20-6-13-27-48(40)58/h3-34H,1-2H3. The van der Waals surface area contributed by atoms with E-state index in [0.29, 0.717) is 0 Å². The van der Waals surface area contributed by atoms with Crippen molar-refractivity contribution in [2.24, 2.45) is 0 Å². The van der Waals surface area contributed by atoms with Gasteiger partial charge in [0.2, 0.25) is 0 Å². The lowest BCUT2D eigenvalue weighted by molar-refractivity contribution is 1.02. The lowest BCUT2D eigenvalue weighted by atomic mass is 10.0. The van der Waals surface area contributed by atoms with E-state index in [0.717, 1.165) is 22.7 Å². The average molecular weight is 767 g/mol. The summed E-state index contributed by atoms with van der Waals surface area (Å²) in [4.78, 5) is 0. The highest BCUT2D eigenvalue weighted by atomic mass is 15.1. The van der Waals surface area contributed by atoms with Gasteiger partial charge in [0, 0.05) is 48.7 Å². The number of benzene rings is 9. The third-order valence-electron chi connectivity index (χ3n) is 13.0. The largest absolute Gasteiger partial charge is 0.307 e. The summed E-state index contributed by atoms with van der Waals surface area (Å²) in [5.74, 6) is 0. The Bertz CT molecular complexity index is 3760. The highest BCUT2D eigenvalue weighted by Crippen LogP contribution is 2.46. The summed E-state index contributed by atoms with van der Waals surface area (Å²) < 4.78 is 10.1. The molecular formula is C56H38N4. The molecule has 60 heavy (non-hydrogen) atoms. The van der Waals surface area contributed by atoms with Gasteiger partial charge in [0.25, 0.3) is 0 Å². The molecule has 0 spiro atoms. The van der Waals surface area contributed by atoms with Crippen molar-refractivity contribution in [3.63, 3.8) is 0 Å². The Balaban J connectivity index is 1.33. The zero-order valence-electron chi connectivity index (χ0n) is 33.3. The Morgan fingerprint density at radius 3 is 0.850 bits per heavy atom. The Morgan fingerprint density at radius 1 is 0.250 bits per heavy atom. The molecule has 0 bridgehead atoms. The van der Waals surface area contributed by atoms with Gasteiger partial charge in [-0.15, -0.1) is 0 Å². The molecule has 0 fully saturated rings. The fourth-order valence-corrected chi connectivity index (χ4v) is 10.5. The molecule has 9 aromatic carbocycles. The molecule has 0 aliphatic heterocycles. The van der Waals surface area contributed by atoms with E-state index < -0.39 is 0 Å². The van der Waals surface area contributed by atoms with E-state index in [4.69, 9.17) is 0 Å². The van der Waals surface area contributed by atoms with Crippen molar-refractivity contribution in [1.82, 2.24) is 18.3 Å². The minimum atomic E-state index is 1.12. The fourth-order valence-electron chi connectivity index (χ4n) is 10.5. The van der Waals surface area contributed by atoms with E-state index in [1.807, 2.05) is 0 Å². The van der Waals surface area contributed by atoms with Crippen LogP contribution in [0.3, 0.4) is 0 Å². The molecule has 0 atom stereocenters. The number of aromatic nitrogens is 4. The van der Waals surface area contributed by atoms with Gasteiger partial charge < -0.3 is 18.3 Å². The summed E-state index contributed by atoms with van der Waals surface area (Å²) in [6.07, 6.45) is 0. The van der Waals surface area contributed by atoms with Crippen molar-refractivity contribution in [3.8, 4) is 22.7 Å². The van der Waals surface area contributed by atoms with Gasteiger partial charge >= 0.3 is 0 Å². The van der Waals surface area contributed by atoms with Crippen molar-refractivity contribution in [2.45, 2.75) is 13.8 Å². The normalized spacial score (nSPS) is 12.2. The van der Waals surface area contributed by atoms with Crippen LogP contribution in [0.25, 0.3) is 110 Å². The second-order valence-electron chi connectivity index (χ2n) is 16.2. The van der Waals surface area contributed by atoms with Crippen LogP contribution in [0.1, 0.15) is 11.1 Å². The number of hydrogen-bond donors (Lipinski definition) is 0. The topological polar surface area (TPSA) is 19.7 Å². The maximum atomic E-state index is 2.55. The number of aryl methyl sites for hydroxylation is 1. The zero-order chi connectivity index (χ0) is 39.6. The Kier molecular flexibility index (Phi) is 6.83. The second kappa shape index (κ2) is 12.3. The summed E-state index contributed by atoms with van der Waals surface area (Å²) >= 11 is 0. The monoisotopic (exact) mass is 766 g/mol. The predicted molar refractivity (Wildman–Crippen MR) is 253 cm³/mol. The number of para-hydroxylation sites is 7. The lowest BCUT2D eigenvalue weighted by Gasteiger charge is -2.26. The first-order valence-corrected chi connectivity index (χ1v) is 20.8. The molecule has 4 aromatic heterocycles. The average Bonchev–Trinajstić information content (AvgIpc) is 4.01. The maximum absolute atomic E-state index is 2.55. The third-order valence-corrected chi connectivity index (χ3v) is 13.0. The van der Waals surface area contributed by atoms with E-state index >= 15 is 0 Å². The van der Waals surface area contributed by atoms with Gasteiger partial charge in [0.15, 0.2) is 0 Å². The first-order valence-electron chi connectivity index (χ1n) is 20.8. The molecule has 0 amide bonds. The molecule has 0 unspecified atom stereocenters.